The summed E-state index contributed by atoms with van der Waals surface area (Å²) in [6.07, 6.45) is 8.29. The van der Waals surface area contributed by atoms with Crippen molar-refractivity contribution in [3.63, 3.8) is 0 Å². The molecular formula is C17H12O2. The Balaban J connectivity index is 2.25. The predicted molar refractivity (Wildman–Crippen MR) is 77.1 cm³/mol. The Morgan fingerprint density at radius 2 is 1.84 bits per heavy atom. The van der Waals surface area contributed by atoms with Crippen molar-refractivity contribution >= 4 is 29.0 Å². The van der Waals surface area contributed by atoms with E-state index >= 15 is 0 Å². The van der Waals surface area contributed by atoms with Gasteiger partial charge in [-0.05, 0) is 38.4 Å². The molecule has 2 nitrogen and oxygen atoms in total. The topological polar surface area (TPSA) is 40.5 Å². The lowest BCUT2D eigenvalue weighted by atomic mass is 9.93. The predicted octanol–water partition coefficient (Wildman–Crippen LogP) is 2.31. The first-order chi connectivity index (χ1) is 9.24. The molecule has 0 amide bonds. The first-order valence-electron chi connectivity index (χ1n) is 6.30. The minimum atomic E-state index is -0.0245. The fourth-order valence-corrected chi connectivity index (χ4v) is 2.92. The van der Waals surface area contributed by atoms with Gasteiger partial charge in [0.1, 0.15) is 5.76 Å². The molecule has 4 rings (SSSR count). The van der Waals surface area contributed by atoms with Gasteiger partial charge in [0.15, 0.2) is 5.76 Å². The van der Waals surface area contributed by atoms with E-state index in [0.717, 1.165) is 21.6 Å². The van der Waals surface area contributed by atoms with Crippen LogP contribution in [0.25, 0.3) is 29.0 Å². The van der Waals surface area contributed by atoms with Gasteiger partial charge in [0.2, 0.25) is 0 Å². The maximum atomic E-state index is 9.78. The normalized spacial score (nSPS) is 16.0. The van der Waals surface area contributed by atoms with Gasteiger partial charge in [0, 0.05) is 6.42 Å². The molecule has 2 aromatic rings. The quantitative estimate of drug-likeness (QED) is 0.751. The molecule has 2 aromatic carbocycles. The van der Waals surface area contributed by atoms with Crippen LogP contribution in [0, 0.1) is 0 Å². The molecule has 92 valence electrons. The highest BCUT2D eigenvalue weighted by Gasteiger charge is 2.14. The number of benzene rings is 2. The molecule has 2 aliphatic carbocycles. The SMILES string of the molecule is OC1=C(O)Cc2ccc3ccc4c(c3c2=C1)C=CC=4. The lowest BCUT2D eigenvalue weighted by molar-refractivity contribution is 0.332. The summed E-state index contributed by atoms with van der Waals surface area (Å²) < 4.78 is 0. The van der Waals surface area contributed by atoms with Gasteiger partial charge in [-0.3, -0.25) is 0 Å². The van der Waals surface area contributed by atoms with Gasteiger partial charge in [0.25, 0.3) is 0 Å². The maximum absolute atomic E-state index is 9.78. The molecule has 0 bridgehead atoms. The molecule has 0 unspecified atom stereocenters. The van der Waals surface area contributed by atoms with E-state index in [2.05, 4.69) is 30.4 Å². The van der Waals surface area contributed by atoms with Gasteiger partial charge < -0.3 is 10.2 Å². The maximum Gasteiger partial charge on any atom is 0.153 e. The van der Waals surface area contributed by atoms with E-state index in [9.17, 15) is 10.2 Å². The summed E-state index contributed by atoms with van der Waals surface area (Å²) in [5, 5.41) is 24.0. The van der Waals surface area contributed by atoms with Gasteiger partial charge in [-0.15, -0.1) is 0 Å². The Kier molecular flexibility index (Phi) is 1.93. The van der Waals surface area contributed by atoms with Crippen LogP contribution in [0.5, 0.6) is 0 Å². The monoisotopic (exact) mass is 248 g/mol. The first-order valence-corrected chi connectivity index (χ1v) is 6.30. The van der Waals surface area contributed by atoms with E-state index in [4.69, 9.17) is 0 Å². The van der Waals surface area contributed by atoms with Crippen LogP contribution in [0.4, 0.5) is 0 Å². The van der Waals surface area contributed by atoms with Crippen LogP contribution < -0.4 is 10.4 Å². The highest BCUT2D eigenvalue weighted by Crippen LogP contribution is 2.21. The molecular weight excluding hydrogens is 236 g/mol. The van der Waals surface area contributed by atoms with Crippen LogP contribution in [0.15, 0.2) is 41.9 Å². The molecule has 2 N–H and O–H groups in total. The summed E-state index contributed by atoms with van der Waals surface area (Å²) in [6, 6.07) is 8.30. The van der Waals surface area contributed by atoms with E-state index in [0.29, 0.717) is 6.42 Å². The molecule has 0 aromatic heterocycles. The van der Waals surface area contributed by atoms with Crippen molar-refractivity contribution in [3.05, 3.63) is 63.4 Å². The molecule has 0 saturated carbocycles. The van der Waals surface area contributed by atoms with Crippen molar-refractivity contribution in [2.24, 2.45) is 0 Å². The van der Waals surface area contributed by atoms with E-state index in [1.165, 1.54) is 10.8 Å². The third kappa shape index (κ3) is 1.37. The summed E-state index contributed by atoms with van der Waals surface area (Å²) in [5.41, 5.74) is 2.25. The second-order valence-corrected chi connectivity index (χ2v) is 4.98. The number of allylic oxidation sites excluding steroid dienone is 3. The van der Waals surface area contributed by atoms with Gasteiger partial charge in [-0.2, -0.15) is 0 Å². The van der Waals surface area contributed by atoms with E-state index in [1.54, 1.807) is 6.08 Å². The average Bonchev–Trinajstić information content (AvgIpc) is 2.88. The van der Waals surface area contributed by atoms with Crippen molar-refractivity contribution in [2.45, 2.75) is 6.42 Å². The summed E-state index contributed by atoms with van der Waals surface area (Å²) in [4.78, 5) is 0. The van der Waals surface area contributed by atoms with Crippen LogP contribution in [-0.4, -0.2) is 10.2 Å². The Bertz CT molecular complexity index is 899. The largest absolute Gasteiger partial charge is 0.508 e. The fraction of sp³-hybridized carbons (Fsp3) is 0.0588. The lowest BCUT2D eigenvalue weighted by Gasteiger charge is -2.13. The Hall–Kier alpha value is -2.48. The third-order valence-electron chi connectivity index (χ3n) is 3.86. The molecule has 2 aliphatic rings. The molecule has 0 radical (unpaired) electrons. The van der Waals surface area contributed by atoms with Crippen LogP contribution >= 0.6 is 0 Å². The van der Waals surface area contributed by atoms with Crippen LogP contribution in [0.1, 0.15) is 11.1 Å². The van der Waals surface area contributed by atoms with Crippen LogP contribution in [0.3, 0.4) is 0 Å². The summed E-state index contributed by atoms with van der Waals surface area (Å²) in [7, 11) is 0. The van der Waals surface area contributed by atoms with Crippen LogP contribution in [0.2, 0.25) is 0 Å². The van der Waals surface area contributed by atoms with Gasteiger partial charge in [0.05, 0.1) is 0 Å². The Morgan fingerprint density at radius 3 is 2.74 bits per heavy atom. The first kappa shape index (κ1) is 10.4. The molecule has 0 saturated heterocycles. The number of fused-ring (bicyclic) bond motifs is 5. The molecule has 0 fully saturated rings. The highest BCUT2D eigenvalue weighted by atomic mass is 16.3. The molecule has 0 atom stereocenters. The van der Waals surface area contributed by atoms with Crippen molar-refractivity contribution in [3.8, 4) is 0 Å². The third-order valence-corrected chi connectivity index (χ3v) is 3.86. The standard InChI is InChI=1S/C17H12O2/c18-15-8-12-7-6-11-5-4-10-2-1-3-13(10)17(11)14(12)9-16(15)19/h1-7,9,18-19H,8H2. The number of hydrogen-bond donors (Lipinski definition) is 2. The average molecular weight is 248 g/mol. The molecule has 0 heterocycles. The fourth-order valence-electron chi connectivity index (χ4n) is 2.92. The summed E-state index contributed by atoms with van der Waals surface area (Å²) in [5.74, 6) is 0.0186. The Morgan fingerprint density at radius 1 is 1.00 bits per heavy atom. The van der Waals surface area contributed by atoms with E-state index < -0.39 is 0 Å². The van der Waals surface area contributed by atoms with Crippen molar-refractivity contribution in [2.75, 3.05) is 0 Å². The number of hydrogen-bond acceptors (Lipinski definition) is 2. The summed E-state index contributed by atoms with van der Waals surface area (Å²) in [6.45, 7) is 0. The zero-order valence-electron chi connectivity index (χ0n) is 10.2. The van der Waals surface area contributed by atoms with Gasteiger partial charge in [-0.25, -0.2) is 0 Å². The molecule has 19 heavy (non-hydrogen) atoms. The lowest BCUT2D eigenvalue weighted by Crippen LogP contribution is -2.19. The second-order valence-electron chi connectivity index (χ2n) is 4.98. The smallest absolute Gasteiger partial charge is 0.153 e. The van der Waals surface area contributed by atoms with Crippen molar-refractivity contribution in [1.82, 2.24) is 0 Å². The minimum Gasteiger partial charge on any atom is -0.508 e. The zero-order valence-corrected chi connectivity index (χ0v) is 10.2. The number of aliphatic hydroxyl groups is 2. The van der Waals surface area contributed by atoms with Crippen molar-refractivity contribution in [1.29, 1.82) is 0 Å². The molecule has 2 heteroatoms. The van der Waals surface area contributed by atoms with Gasteiger partial charge in [-0.1, -0.05) is 42.5 Å². The number of rotatable bonds is 0. The van der Waals surface area contributed by atoms with Crippen LogP contribution in [-0.2, 0) is 6.42 Å². The van der Waals surface area contributed by atoms with E-state index in [1.807, 2.05) is 12.1 Å². The molecule has 0 aliphatic heterocycles. The van der Waals surface area contributed by atoms with E-state index in [-0.39, 0.29) is 11.5 Å². The molecule has 0 spiro atoms. The van der Waals surface area contributed by atoms with Crippen molar-refractivity contribution < 1.29 is 10.2 Å². The minimum absolute atomic E-state index is 0.0245. The second kappa shape index (κ2) is 3.51. The highest BCUT2D eigenvalue weighted by molar-refractivity contribution is 5.95. The number of aliphatic hydroxyl groups excluding tert-OH is 2. The van der Waals surface area contributed by atoms with Gasteiger partial charge >= 0.3 is 0 Å². The zero-order chi connectivity index (χ0) is 13.0. The Labute approximate surface area is 109 Å². The summed E-state index contributed by atoms with van der Waals surface area (Å²) >= 11 is 0.